The second-order valence-corrected chi connectivity index (χ2v) is 6.33. The molecule has 152 valence electrons. The molecule has 0 bridgehead atoms. The molecule has 3 heterocycles. The molecule has 0 saturated heterocycles. The van der Waals surface area contributed by atoms with Crippen LogP contribution in [0.15, 0.2) is 63.4 Å². The van der Waals surface area contributed by atoms with E-state index in [1.54, 1.807) is 44.2 Å². The molecule has 1 aromatic heterocycles. The Labute approximate surface area is 171 Å². The second kappa shape index (κ2) is 7.70. The minimum atomic E-state index is -0.660. The molecule has 0 unspecified atom stereocenters. The Morgan fingerprint density at radius 2 is 2.13 bits per heavy atom. The van der Waals surface area contributed by atoms with Crippen LogP contribution in [-0.2, 0) is 9.63 Å². The van der Waals surface area contributed by atoms with Crippen molar-refractivity contribution in [3.8, 4) is 11.5 Å². The van der Waals surface area contributed by atoms with Gasteiger partial charge in [-0.1, -0.05) is 6.07 Å². The van der Waals surface area contributed by atoms with Crippen LogP contribution in [-0.4, -0.2) is 35.2 Å². The highest BCUT2D eigenvalue weighted by Crippen LogP contribution is 2.31. The van der Waals surface area contributed by atoms with Gasteiger partial charge in [-0.2, -0.15) is 4.99 Å². The third-order valence-corrected chi connectivity index (χ3v) is 4.18. The van der Waals surface area contributed by atoms with Gasteiger partial charge >= 0.3 is 5.97 Å². The van der Waals surface area contributed by atoms with Gasteiger partial charge < -0.3 is 18.7 Å². The molecular formula is C21H17N3O6. The Hall–Kier alpha value is -4.14. The number of rotatable bonds is 5. The monoisotopic (exact) mass is 407 g/mol. The Kier molecular flexibility index (Phi) is 4.93. The highest BCUT2D eigenvalue weighted by molar-refractivity contribution is 6.32. The van der Waals surface area contributed by atoms with E-state index < -0.39 is 11.9 Å². The summed E-state index contributed by atoms with van der Waals surface area (Å²) in [7, 11) is 0. The zero-order valence-electron chi connectivity index (χ0n) is 16.2. The van der Waals surface area contributed by atoms with Crippen molar-refractivity contribution in [1.82, 2.24) is 5.06 Å². The summed E-state index contributed by atoms with van der Waals surface area (Å²) >= 11 is 0. The van der Waals surface area contributed by atoms with Gasteiger partial charge in [0.2, 0.25) is 5.76 Å². The average Bonchev–Trinajstić information content (AvgIpc) is 3.37. The summed E-state index contributed by atoms with van der Waals surface area (Å²) in [6.45, 7) is 3.83. The first-order chi connectivity index (χ1) is 14.5. The topological polar surface area (TPSA) is 114 Å². The molecule has 1 amide bonds. The van der Waals surface area contributed by atoms with Crippen molar-refractivity contribution in [3.63, 3.8) is 0 Å². The summed E-state index contributed by atoms with van der Waals surface area (Å²) in [5, 5.41) is 9.47. The highest BCUT2D eigenvalue weighted by Gasteiger charge is 2.34. The number of aliphatic imine (C=N–C) groups is 1. The molecule has 2 aromatic rings. The number of hydrogen-bond donors (Lipinski definition) is 1. The van der Waals surface area contributed by atoms with E-state index in [2.05, 4.69) is 4.99 Å². The molecule has 1 N–H and O–H groups in total. The Bertz CT molecular complexity index is 1130. The molecular weight excluding hydrogens is 390 g/mol. The minimum absolute atomic E-state index is 0.0598. The van der Waals surface area contributed by atoms with Crippen LogP contribution in [0.3, 0.4) is 0 Å². The number of hydrogen-bond acceptors (Lipinski definition) is 7. The maximum Gasteiger partial charge on any atom is 0.379 e. The van der Waals surface area contributed by atoms with Crippen molar-refractivity contribution in [3.05, 3.63) is 65.3 Å². The van der Waals surface area contributed by atoms with E-state index in [9.17, 15) is 9.59 Å². The first-order valence-electron chi connectivity index (χ1n) is 9.09. The van der Waals surface area contributed by atoms with E-state index in [0.717, 1.165) is 0 Å². The van der Waals surface area contributed by atoms with Crippen molar-refractivity contribution < 1.29 is 28.3 Å². The zero-order chi connectivity index (χ0) is 21.3. The normalized spacial score (nSPS) is 16.7. The van der Waals surface area contributed by atoms with E-state index in [1.165, 1.54) is 23.5 Å². The third kappa shape index (κ3) is 3.60. The summed E-state index contributed by atoms with van der Waals surface area (Å²) in [6, 6.07) is 7.86. The number of benzene rings is 1. The van der Waals surface area contributed by atoms with Gasteiger partial charge in [0, 0.05) is 6.08 Å². The van der Waals surface area contributed by atoms with Gasteiger partial charge in [0.1, 0.15) is 5.76 Å². The van der Waals surface area contributed by atoms with Gasteiger partial charge in [-0.3, -0.25) is 10.2 Å². The van der Waals surface area contributed by atoms with Crippen molar-refractivity contribution in [2.75, 3.05) is 6.61 Å². The van der Waals surface area contributed by atoms with E-state index in [4.69, 9.17) is 24.1 Å². The number of furan rings is 1. The molecule has 0 spiro atoms. The Balaban J connectivity index is 1.62. The second-order valence-electron chi connectivity index (χ2n) is 6.33. The van der Waals surface area contributed by atoms with Gasteiger partial charge in [0.15, 0.2) is 23.2 Å². The number of fused-ring (bicyclic) bond motifs is 1. The summed E-state index contributed by atoms with van der Waals surface area (Å²) in [5.41, 5.74) is 0.622. The predicted octanol–water partition coefficient (Wildman–Crippen LogP) is 3.35. The van der Waals surface area contributed by atoms with Crippen LogP contribution in [0.4, 0.5) is 0 Å². The van der Waals surface area contributed by atoms with Crippen LogP contribution in [0.25, 0.3) is 6.08 Å². The van der Waals surface area contributed by atoms with Crippen molar-refractivity contribution in [1.29, 1.82) is 5.41 Å². The summed E-state index contributed by atoms with van der Waals surface area (Å²) in [5.74, 6) is 0.0506. The number of allylic oxidation sites excluding steroid dienone is 1. The van der Waals surface area contributed by atoms with E-state index in [1.807, 2.05) is 0 Å². The van der Waals surface area contributed by atoms with Gasteiger partial charge in [0.05, 0.1) is 18.4 Å². The fraction of sp³-hybridized carbons (Fsp3) is 0.143. The number of nitrogens with one attached hydrogen (secondary N) is 1. The summed E-state index contributed by atoms with van der Waals surface area (Å²) in [6.07, 6.45) is 4.46. The lowest BCUT2D eigenvalue weighted by molar-refractivity contribution is -0.114. The van der Waals surface area contributed by atoms with Gasteiger partial charge in [-0.05, 0) is 49.8 Å². The van der Waals surface area contributed by atoms with Gasteiger partial charge in [-0.15, -0.1) is 5.06 Å². The molecule has 1 aromatic carbocycles. The Morgan fingerprint density at radius 1 is 1.30 bits per heavy atom. The molecule has 9 nitrogen and oxygen atoms in total. The van der Waals surface area contributed by atoms with Crippen LogP contribution >= 0.6 is 0 Å². The summed E-state index contributed by atoms with van der Waals surface area (Å²) in [4.78, 5) is 33.9. The van der Waals surface area contributed by atoms with Crippen molar-refractivity contribution in [2.45, 2.75) is 13.8 Å². The number of carbonyl (C=O) groups is 2. The smallest absolute Gasteiger partial charge is 0.379 e. The molecule has 2 aliphatic heterocycles. The van der Waals surface area contributed by atoms with Crippen LogP contribution in [0.5, 0.6) is 11.5 Å². The number of ether oxygens (including phenoxy) is 2. The SMILES string of the molecule is CCOc1cc(/C=C2\C(=N)N3OC(C)=CC3=NC2=O)ccc1OC(=O)c1ccco1. The first kappa shape index (κ1) is 19.2. The minimum Gasteiger partial charge on any atom is -0.490 e. The third-order valence-electron chi connectivity index (χ3n) is 4.18. The maximum absolute atomic E-state index is 12.4. The first-order valence-corrected chi connectivity index (χ1v) is 9.09. The summed E-state index contributed by atoms with van der Waals surface area (Å²) < 4.78 is 16.0. The fourth-order valence-corrected chi connectivity index (χ4v) is 2.88. The molecule has 0 radical (unpaired) electrons. The van der Waals surface area contributed by atoms with Gasteiger partial charge in [0.25, 0.3) is 5.91 Å². The van der Waals surface area contributed by atoms with Crippen LogP contribution in [0, 0.1) is 5.41 Å². The maximum atomic E-state index is 12.4. The van der Waals surface area contributed by atoms with E-state index in [-0.39, 0.29) is 28.8 Å². The lowest BCUT2D eigenvalue weighted by Gasteiger charge is -2.23. The van der Waals surface area contributed by atoms with E-state index >= 15 is 0 Å². The zero-order valence-corrected chi connectivity index (χ0v) is 16.2. The number of hydroxylamine groups is 2. The van der Waals surface area contributed by atoms with Crippen LogP contribution < -0.4 is 9.47 Å². The molecule has 0 atom stereocenters. The van der Waals surface area contributed by atoms with Crippen LogP contribution in [0.1, 0.15) is 30.0 Å². The standard InChI is InChI=1S/C21H17N3O6/c1-3-27-17-11-13(6-7-15(17)29-21(26)16-5-4-8-28-16)10-14-19(22)24-18(23-20(14)25)9-12(2)30-24/h4-11,22H,3H2,1-2H3/b14-10+,22-19?. The lowest BCUT2D eigenvalue weighted by Crippen LogP contribution is -2.38. The number of nitrogens with zero attached hydrogens (tertiary/aromatic N) is 2. The highest BCUT2D eigenvalue weighted by atomic mass is 16.7. The quantitative estimate of drug-likeness (QED) is 0.459. The average molecular weight is 407 g/mol. The molecule has 30 heavy (non-hydrogen) atoms. The fourth-order valence-electron chi connectivity index (χ4n) is 2.88. The van der Waals surface area contributed by atoms with Crippen molar-refractivity contribution >= 4 is 29.6 Å². The lowest BCUT2D eigenvalue weighted by atomic mass is 10.1. The van der Waals surface area contributed by atoms with Crippen molar-refractivity contribution in [2.24, 2.45) is 4.99 Å². The predicted molar refractivity (Wildman–Crippen MR) is 106 cm³/mol. The van der Waals surface area contributed by atoms with Crippen LogP contribution in [0.2, 0.25) is 0 Å². The molecule has 4 rings (SSSR count). The number of carbonyl (C=O) groups excluding carboxylic acids is 2. The Morgan fingerprint density at radius 3 is 2.87 bits per heavy atom. The van der Waals surface area contributed by atoms with Gasteiger partial charge in [-0.25, -0.2) is 4.79 Å². The molecule has 0 saturated carbocycles. The number of amides is 1. The molecule has 0 fully saturated rings. The largest absolute Gasteiger partial charge is 0.490 e. The molecule has 9 heteroatoms. The van der Waals surface area contributed by atoms with E-state index in [0.29, 0.717) is 23.7 Å². The number of esters is 1. The molecule has 2 aliphatic rings. The number of amidine groups is 2. The molecule has 0 aliphatic carbocycles.